The van der Waals surface area contributed by atoms with Gasteiger partial charge in [0.15, 0.2) is 0 Å². The molecule has 5 heteroatoms. The molecule has 0 aromatic heterocycles. The van der Waals surface area contributed by atoms with Gasteiger partial charge in [-0.3, -0.25) is 4.79 Å². The summed E-state index contributed by atoms with van der Waals surface area (Å²) in [5, 5.41) is 12.4. The molecule has 0 aliphatic carbocycles. The van der Waals surface area contributed by atoms with Crippen LogP contribution in [0.5, 0.6) is 5.75 Å². The van der Waals surface area contributed by atoms with Gasteiger partial charge in [0, 0.05) is 25.9 Å². The Hall–Kier alpha value is -3.44. The van der Waals surface area contributed by atoms with Gasteiger partial charge in [-0.15, -0.1) is 0 Å². The molecular weight excluding hydrogens is 412 g/mol. The van der Waals surface area contributed by atoms with Gasteiger partial charge in [-0.1, -0.05) is 60.7 Å². The number of fused-ring (bicyclic) bond motifs is 1. The Morgan fingerprint density at radius 3 is 2.45 bits per heavy atom. The summed E-state index contributed by atoms with van der Waals surface area (Å²) in [6.45, 7) is 4.23. The second-order valence-electron chi connectivity index (χ2n) is 8.42. The molecule has 0 spiro atoms. The van der Waals surface area contributed by atoms with Gasteiger partial charge in [0.1, 0.15) is 12.0 Å². The largest absolute Gasteiger partial charge is 0.508 e. The third-order valence-corrected chi connectivity index (χ3v) is 5.78. The molecule has 3 aromatic rings. The Kier molecular flexibility index (Phi) is 8.79. The fourth-order valence-electron chi connectivity index (χ4n) is 3.87. The molecule has 5 nitrogen and oxygen atoms in total. The predicted molar refractivity (Wildman–Crippen MR) is 132 cm³/mol. The highest BCUT2D eigenvalue weighted by molar-refractivity contribution is 5.78. The van der Waals surface area contributed by atoms with Crippen molar-refractivity contribution < 1.29 is 14.7 Å². The van der Waals surface area contributed by atoms with E-state index in [1.54, 1.807) is 18.2 Å². The van der Waals surface area contributed by atoms with Gasteiger partial charge in [-0.05, 0) is 60.3 Å². The van der Waals surface area contributed by atoms with Crippen molar-refractivity contribution in [3.05, 3.63) is 89.5 Å². The first kappa shape index (κ1) is 24.2. The van der Waals surface area contributed by atoms with Crippen molar-refractivity contribution in [2.45, 2.75) is 38.8 Å². The van der Waals surface area contributed by atoms with E-state index in [1.807, 2.05) is 37.3 Å². The fourth-order valence-corrected chi connectivity index (χ4v) is 3.87. The molecule has 0 fully saturated rings. The third-order valence-electron chi connectivity index (χ3n) is 5.78. The number of aromatic hydroxyl groups is 1. The molecular formula is C28H32N2O3. The van der Waals surface area contributed by atoms with E-state index in [-0.39, 0.29) is 30.5 Å². The minimum Gasteiger partial charge on any atom is -0.508 e. The fraction of sp³-hybridized carbons (Fsp3) is 0.286. The first-order valence-corrected chi connectivity index (χ1v) is 11.3. The minimum absolute atomic E-state index is 0.114. The number of nitrogens with zero attached hydrogens (tertiary/aromatic N) is 1. The molecule has 1 heterocycles. The number of hydrogen-bond acceptors (Lipinski definition) is 4. The molecule has 0 saturated carbocycles. The zero-order valence-corrected chi connectivity index (χ0v) is 19.3. The van der Waals surface area contributed by atoms with E-state index in [1.165, 1.54) is 24.1 Å². The van der Waals surface area contributed by atoms with Crippen LogP contribution in [0.4, 0.5) is 0 Å². The maximum absolute atomic E-state index is 11.6. The summed E-state index contributed by atoms with van der Waals surface area (Å²) in [5.41, 5.74) is 5.96. The van der Waals surface area contributed by atoms with Crippen LogP contribution in [0.1, 0.15) is 42.5 Å². The van der Waals surface area contributed by atoms with E-state index in [0.717, 1.165) is 29.5 Å². The standard InChI is InChI=1S/C18H19NO3.C10H13N/c1-13(19-18(22)6-3-11-20)14-7-9-15(10-8-14)16-4-2-5-17(21)12-16;1-11-7-6-9-4-2-3-5-10(9)8-11/h2,4-5,7-13,21H,3,6H2,1H3,(H,19,22);2-5H,6-8H2,1H3. The number of carbonyl (C=O) groups is 2. The molecule has 0 radical (unpaired) electrons. The highest BCUT2D eigenvalue weighted by Gasteiger charge is 2.11. The molecule has 0 bridgehead atoms. The van der Waals surface area contributed by atoms with Gasteiger partial charge in [-0.25, -0.2) is 0 Å². The Morgan fingerprint density at radius 1 is 1.03 bits per heavy atom. The van der Waals surface area contributed by atoms with Crippen LogP contribution in [0.3, 0.4) is 0 Å². The quantitative estimate of drug-likeness (QED) is 0.531. The summed E-state index contributed by atoms with van der Waals surface area (Å²) < 4.78 is 0. The summed E-state index contributed by atoms with van der Waals surface area (Å²) in [7, 11) is 2.18. The van der Waals surface area contributed by atoms with Crippen molar-refractivity contribution in [2.24, 2.45) is 0 Å². The second kappa shape index (κ2) is 12.0. The van der Waals surface area contributed by atoms with Crippen LogP contribution in [-0.2, 0) is 22.6 Å². The highest BCUT2D eigenvalue weighted by atomic mass is 16.3. The number of benzene rings is 3. The molecule has 1 amide bonds. The second-order valence-corrected chi connectivity index (χ2v) is 8.42. The molecule has 172 valence electrons. The zero-order chi connectivity index (χ0) is 23.6. The van der Waals surface area contributed by atoms with Crippen molar-refractivity contribution in [3.8, 4) is 16.9 Å². The van der Waals surface area contributed by atoms with Crippen molar-refractivity contribution in [2.75, 3.05) is 13.6 Å². The molecule has 1 aliphatic rings. The lowest BCUT2D eigenvalue weighted by Gasteiger charge is -2.24. The van der Waals surface area contributed by atoms with Gasteiger partial charge in [0.25, 0.3) is 0 Å². The maximum atomic E-state index is 11.6. The van der Waals surface area contributed by atoms with Gasteiger partial charge in [0.05, 0.1) is 6.04 Å². The number of amides is 1. The Labute approximate surface area is 196 Å². The topological polar surface area (TPSA) is 69.6 Å². The number of rotatable bonds is 6. The summed E-state index contributed by atoms with van der Waals surface area (Å²) in [4.78, 5) is 24.2. The number of phenolic OH excluding ortho intramolecular Hbond substituents is 1. The lowest BCUT2D eigenvalue weighted by molar-refractivity contribution is -0.123. The van der Waals surface area contributed by atoms with Crippen molar-refractivity contribution in [1.29, 1.82) is 0 Å². The average molecular weight is 445 g/mol. The van der Waals surface area contributed by atoms with Crippen molar-refractivity contribution in [1.82, 2.24) is 10.2 Å². The summed E-state index contributed by atoms with van der Waals surface area (Å²) in [6, 6.07) is 23.5. The first-order valence-electron chi connectivity index (χ1n) is 11.3. The van der Waals surface area contributed by atoms with Crippen LogP contribution in [0.2, 0.25) is 0 Å². The SMILES string of the molecule is CC(NC(=O)CCC=O)c1ccc(-c2cccc(O)c2)cc1.CN1CCc2ccccc2C1. The number of aldehydes is 1. The van der Waals surface area contributed by atoms with E-state index in [9.17, 15) is 14.7 Å². The van der Waals surface area contributed by atoms with Crippen LogP contribution in [-0.4, -0.2) is 35.8 Å². The van der Waals surface area contributed by atoms with Gasteiger partial charge >= 0.3 is 0 Å². The van der Waals surface area contributed by atoms with Crippen LogP contribution >= 0.6 is 0 Å². The van der Waals surface area contributed by atoms with Crippen molar-refractivity contribution >= 4 is 12.2 Å². The van der Waals surface area contributed by atoms with Crippen LogP contribution in [0.15, 0.2) is 72.8 Å². The minimum atomic E-state index is -0.128. The molecule has 4 rings (SSSR count). The number of carbonyl (C=O) groups excluding carboxylic acids is 2. The molecule has 0 saturated heterocycles. The molecule has 3 aromatic carbocycles. The molecule has 1 atom stereocenters. The average Bonchev–Trinajstić information content (AvgIpc) is 2.83. The smallest absolute Gasteiger partial charge is 0.220 e. The van der Waals surface area contributed by atoms with Gasteiger partial charge < -0.3 is 20.1 Å². The Bertz CT molecular complexity index is 1060. The molecule has 2 N–H and O–H groups in total. The third kappa shape index (κ3) is 7.29. The summed E-state index contributed by atoms with van der Waals surface area (Å²) >= 11 is 0. The molecule has 33 heavy (non-hydrogen) atoms. The first-order chi connectivity index (χ1) is 16.0. The van der Waals surface area contributed by atoms with E-state index in [4.69, 9.17) is 0 Å². The lowest BCUT2D eigenvalue weighted by atomic mass is 10.0. The number of nitrogens with one attached hydrogen (secondary N) is 1. The van der Waals surface area contributed by atoms with E-state index < -0.39 is 0 Å². The number of hydrogen-bond donors (Lipinski definition) is 2. The number of phenols is 1. The lowest BCUT2D eigenvalue weighted by Crippen LogP contribution is -2.26. The highest BCUT2D eigenvalue weighted by Crippen LogP contribution is 2.25. The van der Waals surface area contributed by atoms with Crippen LogP contribution in [0, 0.1) is 0 Å². The predicted octanol–water partition coefficient (Wildman–Crippen LogP) is 4.89. The normalized spacial score (nSPS) is 13.8. The monoisotopic (exact) mass is 444 g/mol. The van der Waals surface area contributed by atoms with Crippen molar-refractivity contribution in [3.63, 3.8) is 0 Å². The Balaban J connectivity index is 0.000000231. The number of likely N-dealkylation sites (N-methyl/N-ethyl adjacent to an activating group) is 1. The van der Waals surface area contributed by atoms with Gasteiger partial charge in [0.2, 0.25) is 5.91 Å². The van der Waals surface area contributed by atoms with E-state index >= 15 is 0 Å². The molecule has 1 unspecified atom stereocenters. The van der Waals surface area contributed by atoms with E-state index in [0.29, 0.717) is 0 Å². The summed E-state index contributed by atoms with van der Waals surface area (Å²) in [5.74, 6) is 0.106. The van der Waals surface area contributed by atoms with Gasteiger partial charge in [-0.2, -0.15) is 0 Å². The Morgan fingerprint density at radius 2 is 1.76 bits per heavy atom. The summed E-state index contributed by atoms with van der Waals surface area (Å²) in [6.07, 6.45) is 2.42. The van der Waals surface area contributed by atoms with E-state index in [2.05, 4.69) is 41.5 Å². The maximum Gasteiger partial charge on any atom is 0.220 e. The van der Waals surface area contributed by atoms with Crippen LogP contribution < -0.4 is 5.32 Å². The molecule has 1 aliphatic heterocycles. The van der Waals surface area contributed by atoms with Crippen LogP contribution in [0.25, 0.3) is 11.1 Å². The zero-order valence-electron chi connectivity index (χ0n) is 19.3.